The highest BCUT2D eigenvalue weighted by molar-refractivity contribution is 5.85. The summed E-state index contributed by atoms with van der Waals surface area (Å²) in [6, 6.07) is 0.242. The molecule has 1 amide bonds. The van der Waals surface area contributed by atoms with Gasteiger partial charge in [-0.15, -0.1) is 12.4 Å². The first kappa shape index (κ1) is 21.7. The Bertz CT molecular complexity index is 335. The van der Waals surface area contributed by atoms with E-state index in [-0.39, 0.29) is 29.8 Å². The van der Waals surface area contributed by atoms with Crippen molar-refractivity contribution in [3.63, 3.8) is 0 Å². The smallest absolute Gasteiger partial charge is 0.236 e. The number of likely N-dealkylation sites (tertiary alicyclic amines) is 1. The van der Waals surface area contributed by atoms with Gasteiger partial charge in [0.2, 0.25) is 5.91 Å². The van der Waals surface area contributed by atoms with Gasteiger partial charge in [-0.1, -0.05) is 41.5 Å². The fourth-order valence-corrected chi connectivity index (χ4v) is 3.07. The maximum atomic E-state index is 12.6. The van der Waals surface area contributed by atoms with Gasteiger partial charge in [-0.05, 0) is 23.7 Å². The molecule has 1 aliphatic heterocycles. The predicted octanol–water partition coefficient (Wildman–Crippen LogP) is 2.61. The lowest BCUT2D eigenvalue weighted by molar-refractivity contribution is -0.134. The zero-order valence-electron chi connectivity index (χ0n) is 15.3. The number of nitrogens with two attached hydrogens (primary N) is 1. The second kappa shape index (κ2) is 9.09. The van der Waals surface area contributed by atoms with Gasteiger partial charge in [-0.25, -0.2) is 0 Å². The highest BCUT2D eigenvalue weighted by atomic mass is 35.5. The van der Waals surface area contributed by atoms with Crippen molar-refractivity contribution in [2.75, 3.05) is 32.7 Å². The number of carbonyl (C=O) groups is 1. The van der Waals surface area contributed by atoms with Gasteiger partial charge in [0.05, 0.1) is 6.54 Å². The first-order valence-electron chi connectivity index (χ1n) is 8.37. The summed E-state index contributed by atoms with van der Waals surface area (Å²) in [4.78, 5) is 16.9. The van der Waals surface area contributed by atoms with E-state index in [2.05, 4.69) is 46.4 Å². The SMILES string of the molecule is CC(C)CN(CC(C)C)C(=O)CN1CCC(N)C(C)(C)C1.Cl. The first-order chi connectivity index (χ1) is 9.61. The van der Waals surface area contributed by atoms with E-state index in [1.54, 1.807) is 0 Å². The molecule has 1 aliphatic rings. The first-order valence-corrected chi connectivity index (χ1v) is 8.37. The average Bonchev–Trinajstić information content (AvgIpc) is 2.31. The molecule has 0 aromatic heterocycles. The van der Waals surface area contributed by atoms with Gasteiger partial charge in [-0.2, -0.15) is 0 Å². The zero-order chi connectivity index (χ0) is 16.2. The van der Waals surface area contributed by atoms with E-state index >= 15 is 0 Å². The van der Waals surface area contributed by atoms with Crippen molar-refractivity contribution in [1.29, 1.82) is 0 Å². The Hall–Kier alpha value is -0.320. The van der Waals surface area contributed by atoms with E-state index in [9.17, 15) is 4.79 Å². The maximum Gasteiger partial charge on any atom is 0.236 e. The predicted molar refractivity (Wildman–Crippen MR) is 96.3 cm³/mol. The highest BCUT2D eigenvalue weighted by Gasteiger charge is 2.34. The summed E-state index contributed by atoms with van der Waals surface area (Å²) in [5.41, 5.74) is 6.27. The van der Waals surface area contributed by atoms with Gasteiger partial charge in [0, 0.05) is 32.2 Å². The van der Waals surface area contributed by atoms with E-state index in [0.29, 0.717) is 18.4 Å². The molecule has 1 rings (SSSR count). The van der Waals surface area contributed by atoms with E-state index in [1.165, 1.54) is 0 Å². The summed E-state index contributed by atoms with van der Waals surface area (Å²) >= 11 is 0. The van der Waals surface area contributed by atoms with Crippen molar-refractivity contribution in [3.05, 3.63) is 0 Å². The number of amides is 1. The zero-order valence-corrected chi connectivity index (χ0v) is 16.1. The summed E-state index contributed by atoms with van der Waals surface area (Å²) in [6.45, 7) is 17.2. The van der Waals surface area contributed by atoms with Gasteiger partial charge in [0.25, 0.3) is 0 Å². The number of hydrogen-bond donors (Lipinski definition) is 1. The summed E-state index contributed by atoms with van der Waals surface area (Å²) in [7, 11) is 0. The fraction of sp³-hybridized carbons (Fsp3) is 0.941. The minimum atomic E-state index is 0. The fourth-order valence-electron chi connectivity index (χ4n) is 3.07. The molecule has 1 saturated heterocycles. The molecule has 22 heavy (non-hydrogen) atoms. The molecule has 1 unspecified atom stereocenters. The third kappa shape index (κ3) is 6.84. The molecule has 2 N–H and O–H groups in total. The Labute approximate surface area is 143 Å². The molecule has 0 aromatic rings. The van der Waals surface area contributed by atoms with Crippen molar-refractivity contribution in [2.24, 2.45) is 23.0 Å². The second-order valence-electron chi connectivity index (χ2n) is 8.18. The molecular weight excluding hydrogens is 298 g/mol. The maximum absolute atomic E-state index is 12.6. The largest absolute Gasteiger partial charge is 0.341 e. The van der Waals surface area contributed by atoms with Crippen LogP contribution in [0.3, 0.4) is 0 Å². The van der Waals surface area contributed by atoms with Crippen LogP contribution in [0.2, 0.25) is 0 Å². The van der Waals surface area contributed by atoms with Crippen LogP contribution in [0.1, 0.15) is 48.0 Å². The Morgan fingerprint density at radius 1 is 1.23 bits per heavy atom. The monoisotopic (exact) mass is 333 g/mol. The van der Waals surface area contributed by atoms with Crippen molar-refractivity contribution in [3.8, 4) is 0 Å². The molecule has 1 fully saturated rings. The molecule has 0 radical (unpaired) electrons. The number of halogens is 1. The Morgan fingerprint density at radius 2 is 1.73 bits per heavy atom. The molecule has 0 aliphatic carbocycles. The quantitative estimate of drug-likeness (QED) is 0.812. The van der Waals surface area contributed by atoms with Crippen molar-refractivity contribution >= 4 is 18.3 Å². The summed E-state index contributed by atoms with van der Waals surface area (Å²) in [5, 5.41) is 0. The lowest BCUT2D eigenvalue weighted by atomic mass is 9.80. The molecule has 132 valence electrons. The molecule has 5 heteroatoms. The molecule has 0 bridgehead atoms. The summed E-state index contributed by atoms with van der Waals surface area (Å²) < 4.78 is 0. The number of rotatable bonds is 6. The normalized spacial score (nSPS) is 21.8. The van der Waals surface area contributed by atoms with Crippen molar-refractivity contribution in [1.82, 2.24) is 9.80 Å². The number of carbonyl (C=O) groups excluding carboxylic acids is 1. The van der Waals surface area contributed by atoms with Crippen molar-refractivity contribution in [2.45, 2.75) is 54.0 Å². The van der Waals surface area contributed by atoms with Crippen LogP contribution in [0.25, 0.3) is 0 Å². The highest BCUT2D eigenvalue weighted by Crippen LogP contribution is 2.27. The lowest BCUT2D eigenvalue weighted by Crippen LogP contribution is -2.54. The minimum absolute atomic E-state index is 0. The van der Waals surface area contributed by atoms with E-state index in [4.69, 9.17) is 5.73 Å². The van der Waals surface area contributed by atoms with Gasteiger partial charge < -0.3 is 10.6 Å². The van der Waals surface area contributed by atoms with Crippen LogP contribution in [0.5, 0.6) is 0 Å². The van der Waals surface area contributed by atoms with Gasteiger partial charge in [0.1, 0.15) is 0 Å². The van der Waals surface area contributed by atoms with Crippen LogP contribution in [0, 0.1) is 17.3 Å². The summed E-state index contributed by atoms with van der Waals surface area (Å²) in [5.74, 6) is 1.29. The lowest BCUT2D eigenvalue weighted by Gasteiger charge is -2.43. The summed E-state index contributed by atoms with van der Waals surface area (Å²) in [6.07, 6.45) is 0.981. The Morgan fingerprint density at radius 3 is 2.14 bits per heavy atom. The molecular formula is C17H36ClN3O. The third-order valence-corrected chi connectivity index (χ3v) is 4.27. The third-order valence-electron chi connectivity index (χ3n) is 4.27. The van der Waals surface area contributed by atoms with Crippen molar-refractivity contribution < 1.29 is 4.79 Å². The van der Waals surface area contributed by atoms with Gasteiger partial charge in [0.15, 0.2) is 0 Å². The van der Waals surface area contributed by atoms with E-state index < -0.39 is 0 Å². The number of nitrogens with zero attached hydrogens (tertiary/aromatic N) is 2. The van der Waals surface area contributed by atoms with E-state index in [0.717, 1.165) is 32.6 Å². The van der Waals surface area contributed by atoms with Crippen LogP contribution in [0.4, 0.5) is 0 Å². The molecule has 0 spiro atoms. The topological polar surface area (TPSA) is 49.6 Å². The molecule has 0 saturated carbocycles. The Balaban J connectivity index is 0.00000441. The Kier molecular flexibility index (Phi) is 8.96. The second-order valence-corrected chi connectivity index (χ2v) is 8.18. The van der Waals surface area contributed by atoms with Gasteiger partial charge >= 0.3 is 0 Å². The van der Waals surface area contributed by atoms with Crippen LogP contribution in [-0.4, -0.2) is 54.5 Å². The van der Waals surface area contributed by atoms with E-state index in [1.807, 2.05) is 4.90 Å². The average molecular weight is 334 g/mol. The van der Waals surface area contributed by atoms with Crippen LogP contribution < -0.4 is 5.73 Å². The molecule has 1 atom stereocenters. The minimum Gasteiger partial charge on any atom is -0.341 e. The standard InChI is InChI=1S/C17H35N3O.ClH/c1-13(2)9-20(10-14(3)4)16(21)11-19-8-7-15(18)17(5,6)12-19;/h13-15H,7-12,18H2,1-6H3;1H. The van der Waals surface area contributed by atoms with Gasteiger partial charge in [-0.3, -0.25) is 9.69 Å². The van der Waals surface area contributed by atoms with Crippen LogP contribution in [0.15, 0.2) is 0 Å². The molecule has 4 nitrogen and oxygen atoms in total. The number of hydrogen-bond acceptors (Lipinski definition) is 3. The van der Waals surface area contributed by atoms with Crippen LogP contribution in [-0.2, 0) is 4.79 Å². The number of piperidine rings is 1. The molecule has 1 heterocycles. The van der Waals surface area contributed by atoms with Crippen LogP contribution >= 0.6 is 12.4 Å². The molecule has 0 aromatic carbocycles.